The lowest BCUT2D eigenvalue weighted by molar-refractivity contribution is 0.0953. The quantitative estimate of drug-likeness (QED) is 0.680. The normalized spacial score (nSPS) is 10.2. The number of rotatable bonds is 6. The molecule has 0 radical (unpaired) electrons. The molecule has 94 valence electrons. The van der Waals surface area contributed by atoms with E-state index in [-0.39, 0.29) is 11.7 Å². The van der Waals surface area contributed by atoms with Gasteiger partial charge in [-0.25, -0.2) is 0 Å². The first-order valence-corrected chi connectivity index (χ1v) is 6.00. The molecule has 5 heteroatoms. The van der Waals surface area contributed by atoms with Crippen molar-refractivity contribution in [3.05, 3.63) is 28.8 Å². The van der Waals surface area contributed by atoms with Crippen molar-refractivity contribution >= 4 is 17.5 Å². The fraction of sp³-hybridized carbons (Fsp3) is 0.417. The topological polar surface area (TPSA) is 61.4 Å². The minimum absolute atomic E-state index is 0.0344. The molecule has 0 saturated carbocycles. The van der Waals surface area contributed by atoms with E-state index in [1.807, 2.05) is 6.92 Å². The fourth-order valence-corrected chi connectivity index (χ4v) is 1.58. The zero-order valence-corrected chi connectivity index (χ0v) is 10.5. The smallest absolute Gasteiger partial charge is 0.252 e. The van der Waals surface area contributed by atoms with Crippen molar-refractivity contribution in [1.82, 2.24) is 10.6 Å². The Labute approximate surface area is 106 Å². The lowest BCUT2D eigenvalue weighted by Crippen LogP contribution is -2.27. The molecule has 1 rings (SSSR count). The summed E-state index contributed by atoms with van der Waals surface area (Å²) in [5.74, 6) is -0.227. The number of hydrogen-bond acceptors (Lipinski definition) is 3. The number of nitrogens with one attached hydrogen (secondary N) is 2. The fourth-order valence-electron chi connectivity index (χ4n) is 1.37. The Morgan fingerprint density at radius 3 is 2.88 bits per heavy atom. The van der Waals surface area contributed by atoms with E-state index in [0.717, 1.165) is 19.5 Å². The molecular formula is C12H17ClN2O2. The highest BCUT2D eigenvalue weighted by Crippen LogP contribution is 2.20. The molecule has 0 atom stereocenters. The van der Waals surface area contributed by atoms with Gasteiger partial charge in [0, 0.05) is 6.54 Å². The van der Waals surface area contributed by atoms with Crippen molar-refractivity contribution in [3.63, 3.8) is 0 Å². The second-order valence-corrected chi connectivity index (χ2v) is 4.03. The van der Waals surface area contributed by atoms with Crippen LogP contribution in [0.3, 0.4) is 0 Å². The van der Waals surface area contributed by atoms with Crippen molar-refractivity contribution in [2.24, 2.45) is 0 Å². The van der Waals surface area contributed by atoms with Gasteiger partial charge in [-0.3, -0.25) is 4.79 Å². The van der Waals surface area contributed by atoms with E-state index in [0.29, 0.717) is 17.1 Å². The summed E-state index contributed by atoms with van der Waals surface area (Å²) < 4.78 is 0. The average molecular weight is 257 g/mol. The van der Waals surface area contributed by atoms with Gasteiger partial charge in [0.1, 0.15) is 5.75 Å². The number of halogens is 1. The van der Waals surface area contributed by atoms with Crippen molar-refractivity contribution in [2.75, 3.05) is 19.6 Å². The number of amides is 1. The average Bonchev–Trinajstić information content (AvgIpc) is 2.32. The molecule has 0 aromatic heterocycles. The zero-order valence-electron chi connectivity index (χ0n) is 9.79. The van der Waals surface area contributed by atoms with Gasteiger partial charge >= 0.3 is 0 Å². The van der Waals surface area contributed by atoms with Gasteiger partial charge in [0.25, 0.3) is 5.91 Å². The molecule has 0 fully saturated rings. The first kappa shape index (κ1) is 13.8. The van der Waals surface area contributed by atoms with Gasteiger partial charge in [-0.15, -0.1) is 0 Å². The summed E-state index contributed by atoms with van der Waals surface area (Å²) in [6, 6.07) is 4.32. The van der Waals surface area contributed by atoms with Crippen LogP contribution in [0.1, 0.15) is 23.7 Å². The molecule has 1 amide bonds. The van der Waals surface area contributed by atoms with Crippen LogP contribution in [-0.2, 0) is 0 Å². The van der Waals surface area contributed by atoms with Gasteiger partial charge < -0.3 is 15.7 Å². The highest BCUT2D eigenvalue weighted by molar-refractivity contribution is 6.33. The summed E-state index contributed by atoms with van der Waals surface area (Å²) in [5.41, 5.74) is 0.301. The highest BCUT2D eigenvalue weighted by Gasteiger charge is 2.10. The number of hydrogen-bond donors (Lipinski definition) is 3. The maximum absolute atomic E-state index is 11.7. The molecule has 0 bridgehead atoms. The van der Waals surface area contributed by atoms with Crippen LogP contribution in [0.15, 0.2) is 18.2 Å². The molecule has 0 aliphatic heterocycles. The van der Waals surface area contributed by atoms with Gasteiger partial charge in [0.15, 0.2) is 0 Å². The van der Waals surface area contributed by atoms with Crippen molar-refractivity contribution < 1.29 is 9.90 Å². The standard InChI is InChI=1S/C12H17ClN2O2/c1-2-14-6-3-7-15-12(17)10-8-9(16)4-5-11(10)13/h4-5,8,14,16H,2-3,6-7H2,1H3,(H,15,17). The number of carbonyl (C=O) groups excluding carboxylic acids is 1. The minimum Gasteiger partial charge on any atom is -0.508 e. The molecule has 0 spiro atoms. The van der Waals surface area contributed by atoms with Crippen molar-refractivity contribution in [3.8, 4) is 5.75 Å². The van der Waals surface area contributed by atoms with Crippen LogP contribution in [0.5, 0.6) is 5.75 Å². The Hall–Kier alpha value is -1.26. The van der Waals surface area contributed by atoms with Crippen LogP contribution < -0.4 is 10.6 Å². The third-order valence-electron chi connectivity index (χ3n) is 2.26. The summed E-state index contributed by atoms with van der Waals surface area (Å²) in [4.78, 5) is 11.7. The summed E-state index contributed by atoms with van der Waals surface area (Å²) in [7, 11) is 0. The molecule has 1 aromatic carbocycles. The van der Waals surface area contributed by atoms with Crippen LogP contribution in [0.4, 0.5) is 0 Å². The molecule has 0 saturated heterocycles. The Morgan fingerprint density at radius 1 is 1.41 bits per heavy atom. The van der Waals surface area contributed by atoms with Gasteiger partial charge in [-0.1, -0.05) is 18.5 Å². The first-order valence-electron chi connectivity index (χ1n) is 5.62. The van der Waals surface area contributed by atoms with Crippen molar-refractivity contribution in [1.29, 1.82) is 0 Å². The van der Waals surface area contributed by atoms with E-state index in [1.165, 1.54) is 18.2 Å². The molecule has 1 aromatic rings. The Morgan fingerprint density at radius 2 is 2.18 bits per heavy atom. The summed E-state index contributed by atoms with van der Waals surface area (Å²) in [6.45, 7) is 4.40. The number of aromatic hydroxyl groups is 1. The van der Waals surface area contributed by atoms with Crippen LogP contribution in [-0.4, -0.2) is 30.6 Å². The summed E-state index contributed by atoms with van der Waals surface area (Å²) in [6.07, 6.45) is 0.857. The predicted octanol–water partition coefficient (Wildman–Crippen LogP) is 1.77. The van der Waals surface area contributed by atoms with Crippen LogP contribution >= 0.6 is 11.6 Å². The van der Waals surface area contributed by atoms with E-state index >= 15 is 0 Å². The molecule has 4 nitrogen and oxygen atoms in total. The maximum Gasteiger partial charge on any atom is 0.252 e. The first-order chi connectivity index (χ1) is 8.15. The molecule has 3 N–H and O–H groups in total. The van der Waals surface area contributed by atoms with Crippen LogP contribution in [0.25, 0.3) is 0 Å². The molecule has 0 unspecified atom stereocenters. The lowest BCUT2D eigenvalue weighted by atomic mass is 10.2. The number of benzene rings is 1. The monoisotopic (exact) mass is 256 g/mol. The van der Waals surface area contributed by atoms with Gasteiger partial charge in [0.05, 0.1) is 10.6 Å². The third-order valence-corrected chi connectivity index (χ3v) is 2.59. The molecule has 0 aliphatic carbocycles. The largest absolute Gasteiger partial charge is 0.508 e. The third kappa shape index (κ3) is 4.63. The van der Waals surface area contributed by atoms with Gasteiger partial charge in [-0.2, -0.15) is 0 Å². The molecular weight excluding hydrogens is 240 g/mol. The Bertz CT molecular complexity index is 383. The van der Waals surface area contributed by atoms with E-state index in [1.54, 1.807) is 0 Å². The minimum atomic E-state index is -0.262. The second kappa shape index (κ2) is 7.14. The lowest BCUT2D eigenvalue weighted by Gasteiger charge is -2.07. The Kier molecular flexibility index (Phi) is 5.80. The van der Waals surface area contributed by atoms with E-state index in [2.05, 4.69) is 10.6 Å². The van der Waals surface area contributed by atoms with Crippen molar-refractivity contribution in [2.45, 2.75) is 13.3 Å². The summed E-state index contributed by atoms with van der Waals surface area (Å²) in [5, 5.41) is 15.5. The molecule has 0 heterocycles. The zero-order chi connectivity index (χ0) is 12.7. The van der Waals surface area contributed by atoms with Crippen LogP contribution in [0, 0.1) is 0 Å². The predicted molar refractivity (Wildman–Crippen MR) is 68.6 cm³/mol. The van der Waals surface area contributed by atoms with Crippen LogP contribution in [0.2, 0.25) is 5.02 Å². The number of carbonyl (C=O) groups is 1. The van der Waals surface area contributed by atoms with E-state index in [4.69, 9.17) is 11.6 Å². The van der Waals surface area contributed by atoms with Gasteiger partial charge in [-0.05, 0) is 37.7 Å². The molecule has 17 heavy (non-hydrogen) atoms. The van der Waals surface area contributed by atoms with E-state index < -0.39 is 0 Å². The second-order valence-electron chi connectivity index (χ2n) is 3.63. The van der Waals surface area contributed by atoms with E-state index in [9.17, 15) is 9.90 Å². The summed E-state index contributed by atoms with van der Waals surface area (Å²) >= 11 is 5.87. The maximum atomic E-state index is 11.7. The van der Waals surface area contributed by atoms with Gasteiger partial charge in [0.2, 0.25) is 0 Å². The number of phenols is 1. The SMILES string of the molecule is CCNCCCNC(=O)c1cc(O)ccc1Cl. The Balaban J connectivity index is 2.44. The molecule has 0 aliphatic rings. The number of phenolic OH excluding ortho intramolecular Hbond substituents is 1. The highest BCUT2D eigenvalue weighted by atomic mass is 35.5.